The lowest BCUT2D eigenvalue weighted by atomic mass is 10.0. The van der Waals surface area contributed by atoms with Gasteiger partial charge in [0.2, 0.25) is 11.2 Å². The van der Waals surface area contributed by atoms with Crippen LogP contribution in [0, 0.1) is 0 Å². The number of benzene rings is 1. The molecule has 0 N–H and O–H groups in total. The Morgan fingerprint density at radius 3 is 2.50 bits per heavy atom. The second kappa shape index (κ2) is 7.45. The van der Waals surface area contributed by atoms with Crippen molar-refractivity contribution in [1.29, 1.82) is 0 Å². The highest BCUT2D eigenvalue weighted by Crippen LogP contribution is 2.38. The molecular weight excluding hydrogens is 421 g/mol. The molecule has 0 spiro atoms. The van der Waals surface area contributed by atoms with Crippen LogP contribution in [0.2, 0.25) is 5.28 Å². The zero-order valence-corrected chi connectivity index (χ0v) is 16.5. The molecule has 4 rings (SSSR count). The SMILES string of the molecule is CN(C)c1ccc(-c2ccc(C(F)(F)F)cc2Oc2ccc3nnc(Cl)n3n2)cn1. The first-order valence-corrected chi connectivity index (χ1v) is 9.01. The molecule has 0 saturated carbocycles. The van der Waals surface area contributed by atoms with Crippen LogP contribution < -0.4 is 9.64 Å². The van der Waals surface area contributed by atoms with Crippen LogP contribution >= 0.6 is 11.6 Å². The number of aromatic nitrogens is 5. The van der Waals surface area contributed by atoms with Gasteiger partial charge in [0.1, 0.15) is 11.6 Å². The molecule has 0 aliphatic carbocycles. The predicted molar refractivity (Wildman–Crippen MR) is 105 cm³/mol. The number of alkyl halides is 3. The molecule has 3 aromatic heterocycles. The van der Waals surface area contributed by atoms with E-state index in [2.05, 4.69) is 20.3 Å². The Kier molecular flexibility index (Phi) is 4.94. The Morgan fingerprint density at radius 1 is 1.03 bits per heavy atom. The smallest absolute Gasteiger partial charge is 0.416 e. The van der Waals surface area contributed by atoms with Gasteiger partial charge in [-0.1, -0.05) is 0 Å². The van der Waals surface area contributed by atoms with Crippen LogP contribution in [-0.2, 0) is 6.18 Å². The molecule has 154 valence electrons. The normalized spacial score (nSPS) is 11.7. The molecule has 1 aromatic carbocycles. The minimum atomic E-state index is -4.53. The fourth-order valence-corrected chi connectivity index (χ4v) is 2.91. The highest BCUT2D eigenvalue weighted by Gasteiger charge is 2.31. The molecule has 11 heteroatoms. The van der Waals surface area contributed by atoms with E-state index >= 15 is 0 Å². The van der Waals surface area contributed by atoms with Crippen molar-refractivity contribution in [2.45, 2.75) is 6.18 Å². The van der Waals surface area contributed by atoms with Gasteiger partial charge in [-0.15, -0.1) is 15.3 Å². The van der Waals surface area contributed by atoms with Gasteiger partial charge < -0.3 is 9.64 Å². The van der Waals surface area contributed by atoms with Crippen molar-refractivity contribution in [3.63, 3.8) is 0 Å². The maximum Gasteiger partial charge on any atom is 0.416 e. The molecule has 0 atom stereocenters. The summed E-state index contributed by atoms with van der Waals surface area (Å²) >= 11 is 5.91. The maximum absolute atomic E-state index is 13.3. The van der Waals surface area contributed by atoms with Gasteiger partial charge in [-0.05, 0) is 48.0 Å². The molecule has 7 nitrogen and oxygen atoms in total. The number of hydrogen-bond acceptors (Lipinski definition) is 6. The van der Waals surface area contributed by atoms with Crippen LogP contribution in [0.5, 0.6) is 11.6 Å². The maximum atomic E-state index is 13.3. The van der Waals surface area contributed by atoms with Crippen LogP contribution in [-0.4, -0.2) is 38.9 Å². The number of pyridine rings is 1. The lowest BCUT2D eigenvalue weighted by Crippen LogP contribution is -2.10. The van der Waals surface area contributed by atoms with Gasteiger partial charge in [0.25, 0.3) is 0 Å². The summed E-state index contributed by atoms with van der Waals surface area (Å²) in [6, 6.07) is 9.79. The topological polar surface area (TPSA) is 68.4 Å². The Bertz CT molecular complexity index is 1210. The summed E-state index contributed by atoms with van der Waals surface area (Å²) in [4.78, 5) is 6.13. The van der Waals surface area contributed by atoms with Crippen molar-refractivity contribution in [1.82, 2.24) is 24.8 Å². The van der Waals surface area contributed by atoms with Gasteiger partial charge in [0.05, 0.1) is 5.56 Å². The van der Waals surface area contributed by atoms with Crippen molar-refractivity contribution in [3.05, 3.63) is 59.5 Å². The van der Waals surface area contributed by atoms with E-state index in [1.807, 2.05) is 19.0 Å². The molecule has 0 saturated heterocycles. The fourth-order valence-electron chi connectivity index (χ4n) is 2.74. The molecule has 0 aliphatic heterocycles. The van der Waals surface area contributed by atoms with Gasteiger partial charge in [0.15, 0.2) is 5.65 Å². The van der Waals surface area contributed by atoms with Crippen molar-refractivity contribution >= 4 is 23.1 Å². The van der Waals surface area contributed by atoms with E-state index < -0.39 is 11.7 Å². The van der Waals surface area contributed by atoms with Gasteiger partial charge >= 0.3 is 6.18 Å². The van der Waals surface area contributed by atoms with E-state index in [1.54, 1.807) is 24.4 Å². The predicted octanol–water partition coefficient (Wildman–Crippen LogP) is 4.72. The van der Waals surface area contributed by atoms with Crippen LogP contribution in [0.4, 0.5) is 19.0 Å². The lowest BCUT2D eigenvalue weighted by Gasteiger charge is -2.15. The summed E-state index contributed by atoms with van der Waals surface area (Å²) in [5, 5.41) is 11.6. The minimum absolute atomic E-state index is 0.00295. The number of anilines is 1. The van der Waals surface area contributed by atoms with E-state index in [-0.39, 0.29) is 16.9 Å². The second-order valence-corrected chi connectivity index (χ2v) is 6.86. The summed E-state index contributed by atoms with van der Waals surface area (Å²) in [5.41, 5.74) is 0.549. The number of fused-ring (bicyclic) bond motifs is 1. The van der Waals surface area contributed by atoms with E-state index in [1.165, 1.54) is 16.6 Å². The molecule has 0 unspecified atom stereocenters. The average Bonchev–Trinajstić information content (AvgIpc) is 3.08. The molecule has 0 amide bonds. The first-order chi connectivity index (χ1) is 14.2. The highest BCUT2D eigenvalue weighted by molar-refractivity contribution is 6.28. The number of rotatable bonds is 4. The monoisotopic (exact) mass is 434 g/mol. The van der Waals surface area contributed by atoms with Crippen molar-refractivity contribution < 1.29 is 17.9 Å². The van der Waals surface area contributed by atoms with Crippen molar-refractivity contribution in [2.24, 2.45) is 0 Å². The van der Waals surface area contributed by atoms with E-state index in [0.717, 1.165) is 12.1 Å². The van der Waals surface area contributed by atoms with E-state index in [9.17, 15) is 13.2 Å². The molecule has 3 heterocycles. The Hall–Kier alpha value is -3.40. The Labute approximate surface area is 173 Å². The third kappa shape index (κ3) is 3.86. The highest BCUT2D eigenvalue weighted by atomic mass is 35.5. The molecule has 4 aromatic rings. The van der Waals surface area contributed by atoms with E-state index in [4.69, 9.17) is 16.3 Å². The summed E-state index contributed by atoms with van der Waals surface area (Å²) in [6.45, 7) is 0. The molecule has 0 radical (unpaired) electrons. The number of halogens is 4. The molecular formula is C19H14ClF3N6O. The van der Waals surface area contributed by atoms with E-state index in [0.29, 0.717) is 22.6 Å². The molecule has 30 heavy (non-hydrogen) atoms. The van der Waals surface area contributed by atoms with Crippen molar-refractivity contribution in [3.8, 4) is 22.8 Å². The molecule has 0 fully saturated rings. The fraction of sp³-hybridized carbons (Fsp3) is 0.158. The molecule has 0 aliphatic rings. The van der Waals surface area contributed by atoms with Crippen LogP contribution in [0.15, 0.2) is 48.7 Å². The zero-order chi connectivity index (χ0) is 21.5. The third-order valence-electron chi connectivity index (χ3n) is 4.24. The summed E-state index contributed by atoms with van der Waals surface area (Å²) < 4.78 is 46.8. The van der Waals surface area contributed by atoms with Crippen LogP contribution in [0.1, 0.15) is 5.56 Å². The summed E-state index contributed by atoms with van der Waals surface area (Å²) in [6.07, 6.45) is -2.96. The van der Waals surface area contributed by atoms with Crippen LogP contribution in [0.25, 0.3) is 16.8 Å². The average molecular weight is 435 g/mol. The Balaban J connectivity index is 1.79. The standard InChI is InChI=1S/C19H14ClF3N6O/c1-28(2)15-6-3-11(10-24-15)13-5-4-12(19(21,22)23)9-14(13)30-17-8-7-16-25-26-18(20)29(16)27-17/h3-10H,1-2H3. The first-order valence-electron chi connectivity index (χ1n) is 8.63. The molecule has 0 bridgehead atoms. The number of nitrogens with zero attached hydrogens (tertiary/aromatic N) is 6. The van der Waals surface area contributed by atoms with Crippen LogP contribution in [0.3, 0.4) is 0 Å². The quantitative estimate of drug-likeness (QED) is 0.463. The first kappa shape index (κ1) is 19.9. The summed E-state index contributed by atoms with van der Waals surface area (Å²) in [5.74, 6) is 0.713. The largest absolute Gasteiger partial charge is 0.437 e. The number of ether oxygens (including phenoxy) is 1. The summed E-state index contributed by atoms with van der Waals surface area (Å²) in [7, 11) is 3.68. The number of hydrogen-bond donors (Lipinski definition) is 0. The van der Waals surface area contributed by atoms with Gasteiger partial charge in [-0.3, -0.25) is 0 Å². The zero-order valence-electron chi connectivity index (χ0n) is 15.7. The third-order valence-corrected chi connectivity index (χ3v) is 4.48. The van der Waals surface area contributed by atoms with Gasteiger partial charge in [-0.2, -0.15) is 17.7 Å². The van der Waals surface area contributed by atoms with Crippen molar-refractivity contribution in [2.75, 3.05) is 19.0 Å². The van der Waals surface area contributed by atoms with Gasteiger partial charge in [0, 0.05) is 37.5 Å². The second-order valence-electron chi connectivity index (χ2n) is 6.52. The Morgan fingerprint density at radius 2 is 1.83 bits per heavy atom. The minimum Gasteiger partial charge on any atom is -0.437 e. The lowest BCUT2D eigenvalue weighted by molar-refractivity contribution is -0.137. The van der Waals surface area contributed by atoms with Gasteiger partial charge in [-0.25, -0.2) is 4.98 Å².